The molecule has 0 N–H and O–H groups in total. The van der Waals surface area contributed by atoms with Crippen molar-refractivity contribution in [2.75, 3.05) is 14.2 Å². The third-order valence-electron chi connectivity index (χ3n) is 6.43. The number of benzene rings is 3. The third-order valence-corrected chi connectivity index (χ3v) is 6.43. The maximum absolute atomic E-state index is 15.0. The molecule has 0 atom stereocenters. The van der Waals surface area contributed by atoms with Crippen LogP contribution in [0.5, 0.6) is 5.75 Å². The predicted octanol–water partition coefficient (Wildman–Crippen LogP) is 7.62. The second kappa shape index (κ2) is 10.3. The summed E-state index contributed by atoms with van der Waals surface area (Å²) in [6, 6.07) is 15.3. The zero-order chi connectivity index (χ0) is 23.4. The van der Waals surface area contributed by atoms with Gasteiger partial charge in [0.2, 0.25) is 0 Å². The van der Waals surface area contributed by atoms with Gasteiger partial charge in [-0.25, -0.2) is 13.2 Å². The maximum Gasteiger partial charge on any atom is 0.166 e. The topological polar surface area (TPSA) is 18.5 Å². The van der Waals surface area contributed by atoms with Crippen molar-refractivity contribution in [3.8, 4) is 16.9 Å². The van der Waals surface area contributed by atoms with E-state index in [-0.39, 0.29) is 23.3 Å². The molecule has 0 heterocycles. The van der Waals surface area contributed by atoms with Gasteiger partial charge in [0.05, 0.1) is 13.2 Å². The zero-order valence-electron chi connectivity index (χ0n) is 18.8. The highest BCUT2D eigenvalue weighted by atomic mass is 19.2. The lowest BCUT2D eigenvalue weighted by atomic mass is 9.82. The molecule has 0 radical (unpaired) electrons. The first kappa shape index (κ1) is 23.1. The first-order chi connectivity index (χ1) is 16.0. The Kier molecular flexibility index (Phi) is 7.19. The summed E-state index contributed by atoms with van der Waals surface area (Å²) in [5.41, 5.74) is 2.86. The SMILES string of the molecule is COc1ccc(/C=C/c2ccc(-c3ccc(C4CCC(OC)CC4)c(F)c3F)cc2)cc1F. The third kappa shape index (κ3) is 5.14. The van der Waals surface area contributed by atoms with E-state index in [1.54, 1.807) is 49.6 Å². The number of ether oxygens (including phenoxy) is 2. The standard InChI is InChI=1S/C28H27F3O2/c1-32-22-12-10-21(11-13-22)24-15-14-23(27(30)28(24)31)20-8-5-18(6-9-20)3-4-19-7-16-26(33-2)25(29)17-19/h3-9,14-17,21-22H,10-13H2,1-2H3/b4-3+. The molecule has 3 aromatic rings. The lowest BCUT2D eigenvalue weighted by Crippen LogP contribution is -2.20. The second-order valence-electron chi connectivity index (χ2n) is 8.39. The molecule has 2 nitrogen and oxygen atoms in total. The molecular weight excluding hydrogens is 425 g/mol. The Balaban J connectivity index is 1.49. The van der Waals surface area contributed by atoms with Gasteiger partial charge in [-0.15, -0.1) is 0 Å². The van der Waals surface area contributed by atoms with E-state index < -0.39 is 17.5 Å². The van der Waals surface area contributed by atoms with Crippen molar-refractivity contribution < 1.29 is 22.6 Å². The second-order valence-corrected chi connectivity index (χ2v) is 8.39. The lowest BCUT2D eigenvalue weighted by Gasteiger charge is -2.28. The van der Waals surface area contributed by atoms with Crippen molar-refractivity contribution in [1.29, 1.82) is 0 Å². The Morgan fingerprint density at radius 3 is 2.06 bits per heavy atom. The summed E-state index contributed by atoms with van der Waals surface area (Å²) in [7, 11) is 3.12. The van der Waals surface area contributed by atoms with Gasteiger partial charge in [-0.05, 0) is 66.0 Å². The number of halogens is 3. The summed E-state index contributed by atoms with van der Waals surface area (Å²) < 4.78 is 54.0. The van der Waals surface area contributed by atoms with E-state index in [0.717, 1.165) is 31.2 Å². The molecule has 0 aliphatic heterocycles. The lowest BCUT2D eigenvalue weighted by molar-refractivity contribution is 0.0655. The normalized spacial score (nSPS) is 18.6. The number of hydrogen-bond donors (Lipinski definition) is 0. The highest BCUT2D eigenvalue weighted by Crippen LogP contribution is 2.37. The summed E-state index contributed by atoms with van der Waals surface area (Å²) in [6.45, 7) is 0. The van der Waals surface area contributed by atoms with Gasteiger partial charge in [-0.3, -0.25) is 0 Å². The molecule has 0 aromatic heterocycles. The van der Waals surface area contributed by atoms with Crippen LogP contribution in [0.1, 0.15) is 48.3 Å². The van der Waals surface area contributed by atoms with E-state index >= 15 is 0 Å². The molecule has 0 spiro atoms. The van der Waals surface area contributed by atoms with Crippen molar-refractivity contribution in [3.63, 3.8) is 0 Å². The molecule has 0 amide bonds. The van der Waals surface area contributed by atoms with Crippen molar-refractivity contribution in [1.82, 2.24) is 0 Å². The van der Waals surface area contributed by atoms with Gasteiger partial charge in [-0.2, -0.15) is 0 Å². The highest BCUT2D eigenvalue weighted by molar-refractivity contribution is 5.72. The van der Waals surface area contributed by atoms with Gasteiger partial charge in [0, 0.05) is 12.7 Å². The van der Waals surface area contributed by atoms with E-state index in [2.05, 4.69) is 0 Å². The van der Waals surface area contributed by atoms with Crippen LogP contribution in [-0.2, 0) is 4.74 Å². The summed E-state index contributed by atoms with van der Waals surface area (Å²) in [4.78, 5) is 0. The molecule has 3 aromatic carbocycles. The van der Waals surface area contributed by atoms with E-state index in [9.17, 15) is 13.2 Å². The first-order valence-electron chi connectivity index (χ1n) is 11.1. The minimum absolute atomic E-state index is 0.0234. The van der Waals surface area contributed by atoms with E-state index in [0.29, 0.717) is 16.7 Å². The summed E-state index contributed by atoms with van der Waals surface area (Å²) >= 11 is 0. The van der Waals surface area contributed by atoms with Crippen LogP contribution in [0.4, 0.5) is 13.2 Å². The first-order valence-corrected chi connectivity index (χ1v) is 11.1. The van der Waals surface area contributed by atoms with Crippen molar-refractivity contribution >= 4 is 12.2 Å². The molecule has 0 unspecified atom stereocenters. The minimum Gasteiger partial charge on any atom is -0.494 e. The van der Waals surface area contributed by atoms with Crippen molar-refractivity contribution in [2.45, 2.75) is 37.7 Å². The minimum atomic E-state index is -0.807. The molecule has 4 rings (SSSR count). The molecule has 0 bridgehead atoms. The van der Waals surface area contributed by atoms with Gasteiger partial charge in [0.15, 0.2) is 23.2 Å². The van der Waals surface area contributed by atoms with Crippen LogP contribution < -0.4 is 4.74 Å². The van der Waals surface area contributed by atoms with Crippen molar-refractivity contribution in [3.05, 3.63) is 88.7 Å². The number of rotatable bonds is 6. The van der Waals surface area contributed by atoms with Crippen LogP contribution in [-0.4, -0.2) is 20.3 Å². The largest absolute Gasteiger partial charge is 0.494 e. The van der Waals surface area contributed by atoms with E-state index in [4.69, 9.17) is 9.47 Å². The quantitative estimate of drug-likeness (QED) is 0.358. The average molecular weight is 453 g/mol. The fourth-order valence-electron chi connectivity index (χ4n) is 4.46. The number of methoxy groups -OCH3 is 2. The molecule has 0 saturated heterocycles. The smallest absolute Gasteiger partial charge is 0.166 e. The molecule has 1 saturated carbocycles. The molecule has 33 heavy (non-hydrogen) atoms. The van der Waals surface area contributed by atoms with E-state index in [1.165, 1.54) is 13.2 Å². The van der Waals surface area contributed by atoms with Gasteiger partial charge in [-0.1, -0.05) is 54.6 Å². The molecule has 1 aliphatic carbocycles. The van der Waals surface area contributed by atoms with Crippen LogP contribution in [0.25, 0.3) is 23.3 Å². The van der Waals surface area contributed by atoms with E-state index in [1.807, 2.05) is 18.2 Å². The predicted molar refractivity (Wildman–Crippen MR) is 126 cm³/mol. The summed E-state index contributed by atoms with van der Waals surface area (Å²) in [6.07, 6.45) is 7.15. The Hall–Kier alpha value is -3.05. The van der Waals surface area contributed by atoms with Gasteiger partial charge in [0.25, 0.3) is 0 Å². The van der Waals surface area contributed by atoms with Crippen LogP contribution in [0.15, 0.2) is 54.6 Å². The molecule has 1 fully saturated rings. The molecule has 172 valence electrons. The summed E-state index contributed by atoms with van der Waals surface area (Å²) in [5, 5.41) is 0. The Labute approximate surface area is 192 Å². The Bertz CT molecular complexity index is 1130. The molecular formula is C28H27F3O2. The molecule has 1 aliphatic rings. The van der Waals surface area contributed by atoms with Gasteiger partial charge >= 0.3 is 0 Å². The molecule has 5 heteroatoms. The Morgan fingerprint density at radius 1 is 0.758 bits per heavy atom. The van der Waals surface area contributed by atoms with Crippen molar-refractivity contribution in [2.24, 2.45) is 0 Å². The fourth-order valence-corrected chi connectivity index (χ4v) is 4.46. The van der Waals surface area contributed by atoms with Crippen LogP contribution in [0.3, 0.4) is 0 Å². The maximum atomic E-state index is 15.0. The van der Waals surface area contributed by atoms with Crippen LogP contribution in [0.2, 0.25) is 0 Å². The highest BCUT2D eigenvalue weighted by Gasteiger charge is 2.26. The van der Waals surface area contributed by atoms with Gasteiger partial charge in [0.1, 0.15) is 0 Å². The van der Waals surface area contributed by atoms with Crippen LogP contribution >= 0.6 is 0 Å². The fraction of sp³-hybridized carbons (Fsp3) is 0.286. The average Bonchev–Trinajstić information content (AvgIpc) is 2.85. The van der Waals surface area contributed by atoms with Gasteiger partial charge < -0.3 is 9.47 Å². The summed E-state index contributed by atoms with van der Waals surface area (Å²) in [5.74, 6) is -1.77. The monoisotopic (exact) mass is 452 g/mol. The van der Waals surface area contributed by atoms with Crippen LogP contribution in [0, 0.1) is 17.5 Å². The zero-order valence-corrected chi connectivity index (χ0v) is 18.8. The number of hydrogen-bond acceptors (Lipinski definition) is 2. The Morgan fingerprint density at radius 2 is 1.42 bits per heavy atom.